The van der Waals surface area contributed by atoms with Crippen molar-refractivity contribution < 1.29 is 18.0 Å². The minimum Gasteiger partial charge on any atom is -0.321 e. The van der Waals surface area contributed by atoms with Gasteiger partial charge in [-0.2, -0.15) is 18.4 Å². The Bertz CT molecular complexity index is 930. The molecular formula is C18H13ClF3N3O. The summed E-state index contributed by atoms with van der Waals surface area (Å²) in [6.07, 6.45) is -3.94. The molecule has 2 aromatic rings. The van der Waals surface area contributed by atoms with Gasteiger partial charge in [-0.25, -0.2) is 4.98 Å². The van der Waals surface area contributed by atoms with E-state index in [0.29, 0.717) is 5.69 Å². The highest BCUT2D eigenvalue weighted by atomic mass is 35.5. The Morgan fingerprint density at radius 2 is 1.96 bits per heavy atom. The maximum absolute atomic E-state index is 13.1. The molecule has 1 aromatic carbocycles. The lowest BCUT2D eigenvalue weighted by atomic mass is 10.1. The van der Waals surface area contributed by atoms with Crippen molar-refractivity contribution >= 4 is 29.3 Å². The zero-order chi connectivity index (χ0) is 19.5. The van der Waals surface area contributed by atoms with Crippen LogP contribution in [0.1, 0.15) is 22.4 Å². The highest BCUT2D eigenvalue weighted by Crippen LogP contribution is 2.32. The fourth-order valence-electron chi connectivity index (χ4n) is 2.24. The van der Waals surface area contributed by atoms with Crippen molar-refractivity contribution in [1.29, 1.82) is 5.26 Å². The fraction of sp³-hybridized carbons (Fsp3) is 0.167. The van der Waals surface area contributed by atoms with Gasteiger partial charge in [0.1, 0.15) is 16.8 Å². The Labute approximate surface area is 152 Å². The first-order valence-electron chi connectivity index (χ1n) is 7.36. The number of benzene rings is 1. The van der Waals surface area contributed by atoms with Gasteiger partial charge in [-0.3, -0.25) is 4.79 Å². The predicted molar refractivity (Wildman–Crippen MR) is 92.4 cm³/mol. The Balaban J connectivity index is 2.39. The molecule has 1 N–H and O–H groups in total. The van der Waals surface area contributed by atoms with Crippen LogP contribution in [0.5, 0.6) is 0 Å². The predicted octanol–water partition coefficient (Wildman–Crippen LogP) is 4.92. The van der Waals surface area contributed by atoms with E-state index in [0.717, 1.165) is 29.3 Å². The van der Waals surface area contributed by atoms with Crippen LogP contribution >= 0.6 is 11.6 Å². The van der Waals surface area contributed by atoms with Gasteiger partial charge in [-0.15, -0.1) is 0 Å². The average molecular weight is 380 g/mol. The standard InChI is InChI=1S/C18H13ClF3N3O/c1-10-3-5-14(11(2)7-10)24-17(26)13(9-23)8-12-4-6-15(19)25-16(12)18(20,21)22/h3-8H,1-2H3,(H,24,26). The van der Waals surface area contributed by atoms with Gasteiger partial charge in [-0.05, 0) is 43.7 Å². The molecule has 0 aliphatic rings. The molecule has 0 bridgehead atoms. The molecule has 0 spiro atoms. The maximum atomic E-state index is 13.1. The molecule has 1 amide bonds. The molecule has 4 nitrogen and oxygen atoms in total. The zero-order valence-corrected chi connectivity index (χ0v) is 14.5. The third kappa shape index (κ3) is 4.61. The summed E-state index contributed by atoms with van der Waals surface area (Å²) in [5.74, 6) is -0.817. The van der Waals surface area contributed by atoms with E-state index in [2.05, 4.69) is 10.3 Å². The minimum absolute atomic E-state index is 0.340. The summed E-state index contributed by atoms with van der Waals surface area (Å²) in [6, 6.07) is 9.08. The van der Waals surface area contributed by atoms with E-state index in [4.69, 9.17) is 11.6 Å². The van der Waals surface area contributed by atoms with Gasteiger partial charge in [0.05, 0.1) is 0 Å². The van der Waals surface area contributed by atoms with Gasteiger partial charge >= 0.3 is 6.18 Å². The molecular weight excluding hydrogens is 367 g/mol. The Morgan fingerprint density at radius 3 is 2.54 bits per heavy atom. The van der Waals surface area contributed by atoms with Gasteiger partial charge in [-0.1, -0.05) is 29.3 Å². The van der Waals surface area contributed by atoms with Crippen molar-refractivity contribution in [3.8, 4) is 6.07 Å². The van der Waals surface area contributed by atoms with Crippen molar-refractivity contribution in [2.75, 3.05) is 5.32 Å². The van der Waals surface area contributed by atoms with Crippen LogP contribution in [0.3, 0.4) is 0 Å². The monoisotopic (exact) mass is 379 g/mol. The lowest BCUT2D eigenvalue weighted by Crippen LogP contribution is -2.15. The Hall–Kier alpha value is -2.85. The number of amides is 1. The van der Waals surface area contributed by atoms with Crippen LogP contribution in [0.15, 0.2) is 35.9 Å². The number of halogens is 4. The maximum Gasteiger partial charge on any atom is 0.433 e. The van der Waals surface area contributed by atoms with Crippen molar-refractivity contribution in [3.63, 3.8) is 0 Å². The van der Waals surface area contributed by atoms with Crippen molar-refractivity contribution in [1.82, 2.24) is 4.98 Å². The number of nitrogens with zero attached hydrogens (tertiary/aromatic N) is 2. The van der Waals surface area contributed by atoms with E-state index >= 15 is 0 Å². The Morgan fingerprint density at radius 1 is 1.27 bits per heavy atom. The lowest BCUT2D eigenvalue weighted by molar-refractivity contribution is -0.141. The van der Waals surface area contributed by atoms with E-state index in [1.807, 2.05) is 13.0 Å². The summed E-state index contributed by atoms with van der Waals surface area (Å²) in [5.41, 5.74) is 0.0382. The molecule has 26 heavy (non-hydrogen) atoms. The normalized spacial score (nSPS) is 11.8. The van der Waals surface area contributed by atoms with Crippen LogP contribution in [0.25, 0.3) is 6.08 Å². The van der Waals surface area contributed by atoms with Crippen molar-refractivity contribution in [2.45, 2.75) is 20.0 Å². The molecule has 0 radical (unpaired) electrons. The second-order valence-electron chi connectivity index (χ2n) is 5.51. The highest BCUT2D eigenvalue weighted by molar-refractivity contribution is 6.29. The van der Waals surface area contributed by atoms with Crippen LogP contribution < -0.4 is 5.32 Å². The van der Waals surface area contributed by atoms with E-state index in [1.54, 1.807) is 25.1 Å². The number of aryl methyl sites for hydroxylation is 2. The van der Waals surface area contributed by atoms with Crippen molar-refractivity contribution in [2.24, 2.45) is 0 Å². The number of aromatic nitrogens is 1. The molecule has 2 rings (SSSR count). The minimum atomic E-state index is -4.78. The summed E-state index contributed by atoms with van der Waals surface area (Å²) in [4.78, 5) is 15.5. The van der Waals surface area contributed by atoms with Gasteiger partial charge < -0.3 is 5.32 Å². The van der Waals surface area contributed by atoms with Crippen LogP contribution in [0, 0.1) is 25.2 Å². The molecule has 0 atom stereocenters. The van der Waals surface area contributed by atoms with E-state index in [-0.39, 0.29) is 5.15 Å². The second-order valence-corrected chi connectivity index (χ2v) is 5.90. The first-order chi connectivity index (χ1) is 12.1. The third-order valence-corrected chi connectivity index (χ3v) is 3.67. The number of anilines is 1. The summed E-state index contributed by atoms with van der Waals surface area (Å²) in [7, 11) is 0. The summed E-state index contributed by atoms with van der Waals surface area (Å²) in [5, 5.41) is 11.4. The van der Waals surface area contributed by atoms with Crippen LogP contribution in [0.2, 0.25) is 5.15 Å². The molecule has 0 aliphatic heterocycles. The molecule has 0 fully saturated rings. The molecule has 1 aromatic heterocycles. The topological polar surface area (TPSA) is 65.8 Å². The molecule has 0 saturated carbocycles. The van der Waals surface area contributed by atoms with Gasteiger partial charge in [0.2, 0.25) is 0 Å². The quantitative estimate of drug-likeness (QED) is 0.468. The zero-order valence-electron chi connectivity index (χ0n) is 13.8. The fourth-order valence-corrected chi connectivity index (χ4v) is 2.38. The van der Waals surface area contributed by atoms with Gasteiger partial charge in [0, 0.05) is 11.3 Å². The summed E-state index contributed by atoms with van der Waals surface area (Å²) in [6.45, 7) is 3.65. The number of hydrogen-bond acceptors (Lipinski definition) is 3. The largest absolute Gasteiger partial charge is 0.433 e. The number of carbonyl (C=O) groups excluding carboxylic acids is 1. The molecule has 0 aliphatic carbocycles. The number of rotatable bonds is 3. The number of carbonyl (C=O) groups is 1. The summed E-state index contributed by atoms with van der Waals surface area (Å²) < 4.78 is 39.3. The molecule has 0 unspecified atom stereocenters. The van der Waals surface area contributed by atoms with E-state index in [1.165, 1.54) is 0 Å². The second kappa shape index (κ2) is 7.58. The third-order valence-electron chi connectivity index (χ3n) is 3.46. The average Bonchev–Trinajstić information content (AvgIpc) is 2.55. The molecule has 134 valence electrons. The SMILES string of the molecule is Cc1ccc(NC(=O)C(C#N)=Cc2ccc(Cl)nc2C(F)(F)F)c(C)c1. The van der Waals surface area contributed by atoms with Crippen LogP contribution in [-0.2, 0) is 11.0 Å². The van der Waals surface area contributed by atoms with E-state index in [9.17, 15) is 23.2 Å². The first kappa shape index (κ1) is 19.5. The smallest absolute Gasteiger partial charge is 0.321 e. The molecule has 0 saturated heterocycles. The number of nitrogens with one attached hydrogen (secondary N) is 1. The lowest BCUT2D eigenvalue weighted by Gasteiger charge is -2.11. The van der Waals surface area contributed by atoms with Gasteiger partial charge in [0.25, 0.3) is 5.91 Å². The number of alkyl halides is 3. The van der Waals surface area contributed by atoms with Crippen LogP contribution in [0.4, 0.5) is 18.9 Å². The number of hydrogen-bond donors (Lipinski definition) is 1. The molecule has 8 heteroatoms. The van der Waals surface area contributed by atoms with E-state index < -0.39 is 28.9 Å². The first-order valence-corrected chi connectivity index (χ1v) is 7.73. The number of nitriles is 1. The summed E-state index contributed by atoms with van der Waals surface area (Å²) >= 11 is 5.52. The van der Waals surface area contributed by atoms with Crippen LogP contribution in [-0.4, -0.2) is 10.9 Å². The number of pyridine rings is 1. The van der Waals surface area contributed by atoms with Gasteiger partial charge in [0.15, 0.2) is 5.69 Å². The Kier molecular flexibility index (Phi) is 5.68. The van der Waals surface area contributed by atoms with Crippen molar-refractivity contribution in [3.05, 3.63) is 63.4 Å². The molecule has 1 heterocycles. The highest BCUT2D eigenvalue weighted by Gasteiger charge is 2.35.